The molecule has 19 heavy (non-hydrogen) atoms. The smallest absolute Gasteiger partial charge is 0.410 e. The van der Waals surface area contributed by atoms with Crippen LogP contribution in [0, 0.1) is 5.92 Å². The number of nitrogens with one attached hydrogen (secondary N) is 1. The van der Waals surface area contributed by atoms with E-state index < -0.39 is 5.60 Å². The van der Waals surface area contributed by atoms with E-state index in [1.807, 2.05) is 25.7 Å². The highest BCUT2D eigenvalue weighted by molar-refractivity contribution is 5.69. The molecule has 2 saturated heterocycles. The van der Waals surface area contributed by atoms with Crippen LogP contribution in [0.25, 0.3) is 0 Å². The van der Waals surface area contributed by atoms with Gasteiger partial charge in [0.2, 0.25) is 0 Å². The molecule has 0 spiro atoms. The summed E-state index contributed by atoms with van der Waals surface area (Å²) < 4.78 is 5.55. The van der Waals surface area contributed by atoms with Crippen molar-refractivity contribution in [2.75, 3.05) is 13.1 Å². The summed E-state index contributed by atoms with van der Waals surface area (Å²) >= 11 is 0. The zero-order valence-corrected chi connectivity index (χ0v) is 12.7. The maximum atomic E-state index is 12.3. The number of likely N-dealkylation sites (tertiary alicyclic amines) is 1. The number of carbonyl (C=O) groups is 1. The number of fused-ring (bicyclic) bond motifs is 1. The lowest BCUT2D eigenvalue weighted by Gasteiger charge is -2.47. The molecular formula is C15H28N2O2. The van der Waals surface area contributed by atoms with Crippen LogP contribution in [-0.4, -0.2) is 41.8 Å². The van der Waals surface area contributed by atoms with Crippen molar-refractivity contribution in [2.45, 2.75) is 71.1 Å². The first-order chi connectivity index (χ1) is 8.92. The van der Waals surface area contributed by atoms with Gasteiger partial charge in [-0.3, -0.25) is 0 Å². The average molecular weight is 268 g/mol. The SMILES string of the molecule is CCC1C2NCCCC2CCN1C(=O)OC(C)(C)C. The van der Waals surface area contributed by atoms with E-state index in [1.54, 1.807) is 0 Å². The second-order valence-corrected chi connectivity index (χ2v) is 6.82. The third kappa shape index (κ3) is 3.41. The molecular weight excluding hydrogens is 240 g/mol. The molecule has 2 rings (SSSR count). The lowest BCUT2D eigenvalue weighted by molar-refractivity contribution is -0.00843. The number of hydrogen-bond acceptors (Lipinski definition) is 3. The Morgan fingerprint density at radius 3 is 2.74 bits per heavy atom. The molecule has 0 radical (unpaired) electrons. The minimum absolute atomic E-state index is 0.148. The number of ether oxygens (including phenoxy) is 1. The van der Waals surface area contributed by atoms with Gasteiger partial charge in [-0.2, -0.15) is 0 Å². The second kappa shape index (κ2) is 5.70. The highest BCUT2D eigenvalue weighted by atomic mass is 16.6. The van der Waals surface area contributed by atoms with E-state index in [0.29, 0.717) is 6.04 Å². The van der Waals surface area contributed by atoms with Crippen molar-refractivity contribution in [3.63, 3.8) is 0 Å². The first-order valence-electron chi connectivity index (χ1n) is 7.65. The van der Waals surface area contributed by atoms with Crippen molar-refractivity contribution < 1.29 is 9.53 Å². The Kier molecular flexibility index (Phi) is 4.39. The number of amides is 1. The molecule has 0 aromatic rings. The molecule has 0 aromatic heterocycles. The summed E-state index contributed by atoms with van der Waals surface area (Å²) in [7, 11) is 0. The van der Waals surface area contributed by atoms with Crippen LogP contribution in [0.5, 0.6) is 0 Å². The summed E-state index contributed by atoms with van der Waals surface area (Å²) in [5.74, 6) is 0.734. The van der Waals surface area contributed by atoms with Crippen molar-refractivity contribution in [3.05, 3.63) is 0 Å². The molecule has 0 aromatic carbocycles. The fourth-order valence-corrected chi connectivity index (χ4v) is 3.44. The molecule has 110 valence electrons. The number of piperidine rings is 2. The molecule has 1 amide bonds. The Morgan fingerprint density at radius 1 is 1.37 bits per heavy atom. The Morgan fingerprint density at radius 2 is 2.11 bits per heavy atom. The van der Waals surface area contributed by atoms with E-state index in [-0.39, 0.29) is 12.1 Å². The van der Waals surface area contributed by atoms with Gasteiger partial charge in [-0.1, -0.05) is 6.92 Å². The summed E-state index contributed by atoms with van der Waals surface area (Å²) in [4.78, 5) is 14.3. The van der Waals surface area contributed by atoms with Gasteiger partial charge in [-0.05, 0) is 58.9 Å². The minimum atomic E-state index is -0.410. The van der Waals surface area contributed by atoms with Crippen molar-refractivity contribution in [2.24, 2.45) is 5.92 Å². The van der Waals surface area contributed by atoms with E-state index in [2.05, 4.69) is 12.2 Å². The predicted octanol–water partition coefficient (Wildman–Crippen LogP) is 2.77. The van der Waals surface area contributed by atoms with Gasteiger partial charge in [-0.15, -0.1) is 0 Å². The largest absolute Gasteiger partial charge is 0.444 e. The van der Waals surface area contributed by atoms with E-state index in [0.717, 1.165) is 31.8 Å². The van der Waals surface area contributed by atoms with Crippen molar-refractivity contribution in [1.29, 1.82) is 0 Å². The molecule has 0 aliphatic carbocycles. The monoisotopic (exact) mass is 268 g/mol. The summed E-state index contributed by atoms with van der Waals surface area (Å²) in [5.41, 5.74) is -0.410. The van der Waals surface area contributed by atoms with Crippen LogP contribution in [0.1, 0.15) is 53.4 Å². The van der Waals surface area contributed by atoms with E-state index in [9.17, 15) is 4.79 Å². The zero-order chi connectivity index (χ0) is 14.0. The van der Waals surface area contributed by atoms with Crippen LogP contribution in [0.4, 0.5) is 4.79 Å². The Hall–Kier alpha value is -0.770. The molecule has 4 heteroatoms. The molecule has 1 N–H and O–H groups in total. The molecule has 0 bridgehead atoms. The fourth-order valence-electron chi connectivity index (χ4n) is 3.44. The van der Waals surface area contributed by atoms with Crippen molar-refractivity contribution in [1.82, 2.24) is 10.2 Å². The van der Waals surface area contributed by atoms with Crippen LogP contribution in [0.3, 0.4) is 0 Å². The Balaban J connectivity index is 2.06. The van der Waals surface area contributed by atoms with Gasteiger partial charge in [-0.25, -0.2) is 4.79 Å². The summed E-state index contributed by atoms with van der Waals surface area (Å²) in [6, 6.07) is 0.744. The lowest BCUT2D eigenvalue weighted by Crippen LogP contribution is -2.61. The van der Waals surface area contributed by atoms with Crippen LogP contribution < -0.4 is 5.32 Å². The van der Waals surface area contributed by atoms with Crippen LogP contribution in [0.2, 0.25) is 0 Å². The van der Waals surface area contributed by atoms with Gasteiger partial charge in [0.1, 0.15) is 5.60 Å². The Bertz CT molecular complexity index is 325. The number of carbonyl (C=O) groups excluding carboxylic acids is 1. The first-order valence-corrected chi connectivity index (χ1v) is 7.65. The third-order valence-electron chi connectivity index (χ3n) is 4.24. The Labute approximate surface area is 116 Å². The quantitative estimate of drug-likeness (QED) is 0.795. The summed E-state index contributed by atoms with van der Waals surface area (Å²) in [6.45, 7) is 9.88. The van der Waals surface area contributed by atoms with Crippen LogP contribution in [-0.2, 0) is 4.74 Å². The lowest BCUT2D eigenvalue weighted by atomic mass is 9.79. The molecule has 2 aliphatic rings. The molecule has 3 atom stereocenters. The normalized spacial score (nSPS) is 31.8. The van der Waals surface area contributed by atoms with Gasteiger partial charge in [0.25, 0.3) is 0 Å². The molecule has 3 unspecified atom stereocenters. The maximum absolute atomic E-state index is 12.3. The molecule has 4 nitrogen and oxygen atoms in total. The third-order valence-corrected chi connectivity index (χ3v) is 4.24. The van der Waals surface area contributed by atoms with Gasteiger partial charge >= 0.3 is 6.09 Å². The maximum Gasteiger partial charge on any atom is 0.410 e. The predicted molar refractivity (Wildman–Crippen MR) is 76.2 cm³/mol. The molecule has 2 aliphatic heterocycles. The van der Waals surface area contributed by atoms with E-state index >= 15 is 0 Å². The average Bonchev–Trinajstić information content (AvgIpc) is 2.35. The number of nitrogens with zero attached hydrogens (tertiary/aromatic N) is 1. The first kappa shape index (κ1) is 14.6. The summed E-state index contributed by atoms with van der Waals surface area (Å²) in [6.07, 6.45) is 4.52. The number of rotatable bonds is 1. The van der Waals surface area contributed by atoms with Crippen molar-refractivity contribution in [3.8, 4) is 0 Å². The zero-order valence-electron chi connectivity index (χ0n) is 12.7. The fraction of sp³-hybridized carbons (Fsp3) is 0.933. The second-order valence-electron chi connectivity index (χ2n) is 6.82. The highest BCUT2D eigenvalue weighted by Crippen LogP contribution is 2.32. The van der Waals surface area contributed by atoms with Gasteiger partial charge in [0.05, 0.1) is 6.04 Å². The van der Waals surface area contributed by atoms with Gasteiger partial charge < -0.3 is 15.0 Å². The van der Waals surface area contributed by atoms with E-state index in [4.69, 9.17) is 4.74 Å². The van der Waals surface area contributed by atoms with Crippen LogP contribution >= 0.6 is 0 Å². The number of hydrogen-bond donors (Lipinski definition) is 1. The van der Waals surface area contributed by atoms with Gasteiger partial charge in [0.15, 0.2) is 0 Å². The summed E-state index contributed by atoms with van der Waals surface area (Å²) in [5, 5.41) is 3.62. The topological polar surface area (TPSA) is 41.6 Å². The van der Waals surface area contributed by atoms with Crippen molar-refractivity contribution >= 4 is 6.09 Å². The minimum Gasteiger partial charge on any atom is -0.444 e. The van der Waals surface area contributed by atoms with Crippen LogP contribution in [0.15, 0.2) is 0 Å². The highest BCUT2D eigenvalue weighted by Gasteiger charge is 2.41. The molecule has 2 fully saturated rings. The standard InChI is InChI=1S/C15H28N2O2/c1-5-12-13-11(7-6-9-16-13)8-10-17(12)14(18)19-15(2,3)4/h11-13,16H,5-10H2,1-4H3. The van der Waals surface area contributed by atoms with Gasteiger partial charge in [0, 0.05) is 12.6 Å². The molecule has 0 saturated carbocycles. The molecule has 2 heterocycles. The van der Waals surface area contributed by atoms with E-state index in [1.165, 1.54) is 12.8 Å².